The van der Waals surface area contributed by atoms with Crippen LogP contribution in [0.5, 0.6) is 5.75 Å². The number of ether oxygens (including phenoxy) is 1. The zero-order valence-electron chi connectivity index (χ0n) is 12.2. The largest absolute Gasteiger partial charge is 0.497 e. The maximum atomic E-state index is 13.4. The van der Waals surface area contributed by atoms with Gasteiger partial charge in [0.2, 0.25) is 11.8 Å². The normalized spacial score (nSPS) is 10.0. The van der Waals surface area contributed by atoms with Crippen molar-refractivity contribution in [1.82, 2.24) is 0 Å². The van der Waals surface area contributed by atoms with Gasteiger partial charge in [0.05, 0.1) is 7.11 Å². The second-order valence-corrected chi connectivity index (χ2v) is 4.60. The molecule has 5 nitrogen and oxygen atoms in total. The van der Waals surface area contributed by atoms with E-state index in [1.165, 1.54) is 13.2 Å². The maximum absolute atomic E-state index is 13.4. The Bertz CT molecular complexity index is 698. The highest BCUT2D eigenvalue weighted by molar-refractivity contribution is 6.08. The van der Waals surface area contributed by atoms with E-state index >= 15 is 0 Å². The fourth-order valence-electron chi connectivity index (χ4n) is 1.83. The van der Waals surface area contributed by atoms with Gasteiger partial charge >= 0.3 is 0 Å². The van der Waals surface area contributed by atoms with Crippen molar-refractivity contribution in [3.63, 3.8) is 0 Å². The van der Waals surface area contributed by atoms with E-state index in [4.69, 9.17) is 4.74 Å². The standard InChI is InChI=1S/C16H14F2N2O3/c1-23-11-7-5-10(6-8-11)19-14(21)9-15(22)20-16-12(17)3-2-4-13(16)18/h2-8H,9H2,1H3,(H,19,21)(H,20,22). The van der Waals surface area contributed by atoms with Crippen LogP contribution >= 0.6 is 0 Å². The van der Waals surface area contributed by atoms with Crippen molar-refractivity contribution in [2.24, 2.45) is 0 Å². The number of benzene rings is 2. The molecule has 2 N–H and O–H groups in total. The molecular weight excluding hydrogens is 306 g/mol. The first-order valence-corrected chi connectivity index (χ1v) is 6.67. The predicted octanol–water partition coefficient (Wildman–Crippen LogP) is 2.94. The van der Waals surface area contributed by atoms with E-state index in [1.54, 1.807) is 24.3 Å². The SMILES string of the molecule is COc1ccc(NC(=O)CC(=O)Nc2c(F)cccc2F)cc1. The first-order valence-electron chi connectivity index (χ1n) is 6.67. The number of carbonyl (C=O) groups excluding carboxylic acids is 2. The molecule has 2 aromatic rings. The first kappa shape index (κ1) is 16.4. The fourth-order valence-corrected chi connectivity index (χ4v) is 1.83. The van der Waals surface area contributed by atoms with Crippen LogP contribution in [0.2, 0.25) is 0 Å². The van der Waals surface area contributed by atoms with Crippen molar-refractivity contribution in [3.8, 4) is 5.75 Å². The summed E-state index contributed by atoms with van der Waals surface area (Å²) in [7, 11) is 1.51. The Morgan fingerprint density at radius 1 is 0.957 bits per heavy atom. The van der Waals surface area contributed by atoms with Crippen molar-refractivity contribution in [3.05, 3.63) is 54.1 Å². The molecule has 0 saturated carbocycles. The van der Waals surface area contributed by atoms with E-state index in [-0.39, 0.29) is 0 Å². The lowest BCUT2D eigenvalue weighted by Crippen LogP contribution is -2.22. The van der Waals surface area contributed by atoms with Crippen LogP contribution in [0.4, 0.5) is 20.2 Å². The van der Waals surface area contributed by atoms with Crippen LogP contribution in [0.1, 0.15) is 6.42 Å². The Hall–Kier alpha value is -2.96. The van der Waals surface area contributed by atoms with Crippen LogP contribution < -0.4 is 15.4 Å². The van der Waals surface area contributed by atoms with Crippen molar-refractivity contribution >= 4 is 23.2 Å². The highest BCUT2D eigenvalue weighted by atomic mass is 19.1. The number of hydrogen-bond donors (Lipinski definition) is 2. The molecule has 0 aliphatic carbocycles. The van der Waals surface area contributed by atoms with E-state index in [1.807, 2.05) is 5.32 Å². The lowest BCUT2D eigenvalue weighted by atomic mass is 10.2. The number of nitrogens with one attached hydrogen (secondary N) is 2. The highest BCUT2D eigenvalue weighted by Crippen LogP contribution is 2.18. The Morgan fingerprint density at radius 3 is 2.09 bits per heavy atom. The molecule has 2 amide bonds. The van der Waals surface area contributed by atoms with Crippen LogP contribution in [0.3, 0.4) is 0 Å². The molecule has 0 aliphatic heterocycles. The fraction of sp³-hybridized carbons (Fsp3) is 0.125. The van der Waals surface area contributed by atoms with Gasteiger partial charge in [0.1, 0.15) is 29.5 Å². The second kappa shape index (κ2) is 7.35. The number of carbonyl (C=O) groups is 2. The Labute approximate surface area is 131 Å². The van der Waals surface area contributed by atoms with Crippen LogP contribution in [-0.4, -0.2) is 18.9 Å². The van der Waals surface area contributed by atoms with Crippen LogP contribution in [0, 0.1) is 11.6 Å². The number of hydrogen-bond acceptors (Lipinski definition) is 3. The summed E-state index contributed by atoms with van der Waals surface area (Å²) in [4.78, 5) is 23.4. The monoisotopic (exact) mass is 320 g/mol. The first-order chi connectivity index (χ1) is 11.0. The van der Waals surface area contributed by atoms with Crippen LogP contribution in [0.15, 0.2) is 42.5 Å². The van der Waals surface area contributed by atoms with Gasteiger partial charge in [0.15, 0.2) is 0 Å². The molecule has 7 heteroatoms. The third-order valence-corrected chi connectivity index (χ3v) is 2.92. The van der Waals surface area contributed by atoms with Gasteiger partial charge in [-0.25, -0.2) is 8.78 Å². The smallest absolute Gasteiger partial charge is 0.233 e. The number of amides is 2. The van der Waals surface area contributed by atoms with Crippen LogP contribution in [-0.2, 0) is 9.59 Å². The number of halogens is 2. The van der Waals surface area contributed by atoms with Gasteiger partial charge in [-0.3, -0.25) is 9.59 Å². The number of anilines is 2. The van der Waals surface area contributed by atoms with Crippen molar-refractivity contribution in [1.29, 1.82) is 0 Å². The minimum absolute atomic E-state index is 0.473. The number of methoxy groups -OCH3 is 1. The lowest BCUT2D eigenvalue weighted by Gasteiger charge is -2.08. The third kappa shape index (κ3) is 4.50. The summed E-state index contributed by atoms with van der Waals surface area (Å²) in [6.07, 6.45) is -0.570. The zero-order chi connectivity index (χ0) is 16.8. The van der Waals surface area contributed by atoms with E-state index in [0.29, 0.717) is 11.4 Å². The van der Waals surface area contributed by atoms with Gasteiger partial charge in [0.25, 0.3) is 0 Å². The summed E-state index contributed by atoms with van der Waals surface area (Å²) in [5.74, 6) is -2.62. The van der Waals surface area contributed by atoms with Gasteiger partial charge in [-0.15, -0.1) is 0 Å². The van der Waals surface area contributed by atoms with Crippen molar-refractivity contribution < 1.29 is 23.1 Å². The molecule has 0 atom stereocenters. The van der Waals surface area contributed by atoms with Gasteiger partial charge in [0, 0.05) is 5.69 Å². The summed E-state index contributed by atoms with van der Waals surface area (Å²) in [6.45, 7) is 0. The lowest BCUT2D eigenvalue weighted by molar-refractivity contribution is -0.123. The molecule has 2 aromatic carbocycles. The molecule has 0 radical (unpaired) electrons. The molecule has 2 rings (SSSR count). The summed E-state index contributed by atoms with van der Waals surface area (Å²) in [5.41, 5.74) is -0.101. The molecule has 0 aliphatic rings. The summed E-state index contributed by atoms with van der Waals surface area (Å²) < 4.78 is 31.8. The number of rotatable bonds is 5. The molecule has 23 heavy (non-hydrogen) atoms. The Kier molecular flexibility index (Phi) is 5.24. The number of para-hydroxylation sites is 1. The average Bonchev–Trinajstić information content (AvgIpc) is 2.51. The Morgan fingerprint density at radius 2 is 1.52 bits per heavy atom. The summed E-state index contributed by atoms with van der Waals surface area (Å²) in [6, 6.07) is 9.69. The van der Waals surface area contributed by atoms with E-state index in [9.17, 15) is 18.4 Å². The second-order valence-electron chi connectivity index (χ2n) is 4.60. The van der Waals surface area contributed by atoms with Gasteiger partial charge in [-0.2, -0.15) is 0 Å². The van der Waals surface area contributed by atoms with E-state index in [2.05, 4.69) is 5.32 Å². The maximum Gasteiger partial charge on any atom is 0.233 e. The van der Waals surface area contributed by atoms with Gasteiger partial charge in [-0.05, 0) is 36.4 Å². The van der Waals surface area contributed by atoms with E-state index in [0.717, 1.165) is 12.1 Å². The molecule has 0 spiro atoms. The van der Waals surface area contributed by atoms with Crippen LogP contribution in [0.25, 0.3) is 0 Å². The average molecular weight is 320 g/mol. The Balaban J connectivity index is 1.93. The van der Waals surface area contributed by atoms with Gasteiger partial charge in [-0.1, -0.05) is 6.07 Å². The summed E-state index contributed by atoms with van der Waals surface area (Å²) in [5, 5.41) is 4.54. The summed E-state index contributed by atoms with van der Waals surface area (Å²) >= 11 is 0. The zero-order valence-corrected chi connectivity index (χ0v) is 12.2. The third-order valence-electron chi connectivity index (χ3n) is 2.92. The molecule has 0 bridgehead atoms. The minimum Gasteiger partial charge on any atom is -0.497 e. The molecule has 0 saturated heterocycles. The van der Waals surface area contributed by atoms with Gasteiger partial charge < -0.3 is 15.4 Å². The topological polar surface area (TPSA) is 67.4 Å². The molecule has 0 aromatic heterocycles. The minimum atomic E-state index is -0.908. The molecule has 120 valence electrons. The molecule has 0 unspecified atom stereocenters. The predicted molar refractivity (Wildman–Crippen MR) is 81.2 cm³/mol. The van der Waals surface area contributed by atoms with Crippen molar-refractivity contribution in [2.45, 2.75) is 6.42 Å². The molecule has 0 heterocycles. The van der Waals surface area contributed by atoms with E-state index < -0.39 is 35.6 Å². The molecule has 0 fully saturated rings. The van der Waals surface area contributed by atoms with Crippen molar-refractivity contribution in [2.75, 3.05) is 17.7 Å². The quantitative estimate of drug-likeness (QED) is 0.832. The molecular formula is C16H14F2N2O3. The highest BCUT2D eigenvalue weighted by Gasteiger charge is 2.15.